The van der Waals surface area contributed by atoms with Crippen LogP contribution in [0.5, 0.6) is 0 Å². The predicted octanol–water partition coefficient (Wildman–Crippen LogP) is 2.16. The van der Waals surface area contributed by atoms with Crippen molar-refractivity contribution in [3.8, 4) is 12.3 Å². The zero-order valence-electron chi connectivity index (χ0n) is 11.8. The Labute approximate surface area is 115 Å². The summed E-state index contributed by atoms with van der Waals surface area (Å²) in [5.74, 6) is 2.21. The van der Waals surface area contributed by atoms with E-state index in [1.54, 1.807) is 0 Å². The number of esters is 1. The molecule has 0 amide bonds. The van der Waals surface area contributed by atoms with E-state index < -0.39 is 11.6 Å². The highest BCUT2D eigenvalue weighted by molar-refractivity contribution is 5.76. The predicted molar refractivity (Wildman–Crippen MR) is 76.6 cm³/mol. The van der Waals surface area contributed by atoms with Crippen molar-refractivity contribution in [2.24, 2.45) is 0 Å². The van der Waals surface area contributed by atoms with Crippen molar-refractivity contribution in [1.29, 1.82) is 0 Å². The zero-order chi connectivity index (χ0) is 14.3. The van der Waals surface area contributed by atoms with Gasteiger partial charge >= 0.3 is 5.97 Å². The summed E-state index contributed by atoms with van der Waals surface area (Å²) in [5, 5.41) is 3.03. The van der Waals surface area contributed by atoms with Gasteiger partial charge in [-0.1, -0.05) is 36.3 Å². The van der Waals surface area contributed by atoms with Gasteiger partial charge in [-0.2, -0.15) is 0 Å². The maximum absolute atomic E-state index is 12.1. The molecule has 1 aromatic rings. The monoisotopic (exact) mass is 259 g/mol. The molecule has 1 aromatic carbocycles. The van der Waals surface area contributed by atoms with Crippen LogP contribution in [0.4, 0.5) is 0 Å². The first kappa shape index (κ1) is 15.3. The zero-order valence-corrected chi connectivity index (χ0v) is 11.8. The van der Waals surface area contributed by atoms with E-state index in [0.717, 1.165) is 5.56 Å². The largest absolute Gasteiger partial charge is 0.459 e. The summed E-state index contributed by atoms with van der Waals surface area (Å²) < 4.78 is 5.40. The van der Waals surface area contributed by atoms with Crippen molar-refractivity contribution >= 4 is 5.97 Å². The summed E-state index contributed by atoms with van der Waals surface area (Å²) in [7, 11) is 0. The molecule has 1 atom stereocenters. The highest BCUT2D eigenvalue weighted by atomic mass is 16.6. The lowest BCUT2D eigenvalue weighted by Crippen LogP contribution is -2.42. The number of nitrogens with one attached hydrogen (secondary N) is 1. The van der Waals surface area contributed by atoms with Crippen molar-refractivity contribution in [1.82, 2.24) is 5.32 Å². The maximum atomic E-state index is 12.1. The third-order valence-corrected chi connectivity index (χ3v) is 2.42. The number of hydrogen-bond acceptors (Lipinski definition) is 3. The van der Waals surface area contributed by atoms with E-state index in [2.05, 4.69) is 11.2 Å². The number of carbonyl (C=O) groups is 1. The molecule has 102 valence electrons. The van der Waals surface area contributed by atoms with Gasteiger partial charge in [0.05, 0.1) is 6.54 Å². The summed E-state index contributed by atoms with van der Waals surface area (Å²) in [6, 6.07) is 9.38. The van der Waals surface area contributed by atoms with Gasteiger partial charge in [0.1, 0.15) is 11.6 Å². The SMILES string of the molecule is C#CCN[C@H](Cc1ccccc1)C(=O)OC(C)(C)C. The molecule has 0 radical (unpaired) electrons. The molecule has 0 aromatic heterocycles. The highest BCUT2D eigenvalue weighted by Crippen LogP contribution is 2.11. The lowest BCUT2D eigenvalue weighted by atomic mass is 10.1. The van der Waals surface area contributed by atoms with Crippen LogP contribution in [0.25, 0.3) is 0 Å². The van der Waals surface area contributed by atoms with Gasteiger partial charge in [0.25, 0.3) is 0 Å². The Balaban J connectivity index is 2.72. The van der Waals surface area contributed by atoms with Crippen LogP contribution in [-0.2, 0) is 16.0 Å². The molecular formula is C16H21NO2. The summed E-state index contributed by atoms with van der Waals surface area (Å²) >= 11 is 0. The average Bonchev–Trinajstić information content (AvgIpc) is 2.33. The molecule has 0 saturated heterocycles. The molecule has 0 saturated carbocycles. The molecular weight excluding hydrogens is 238 g/mol. The van der Waals surface area contributed by atoms with E-state index in [1.807, 2.05) is 51.1 Å². The Morgan fingerprint density at radius 1 is 1.37 bits per heavy atom. The van der Waals surface area contributed by atoms with E-state index in [4.69, 9.17) is 11.2 Å². The molecule has 0 aliphatic carbocycles. The highest BCUT2D eigenvalue weighted by Gasteiger charge is 2.24. The first-order chi connectivity index (χ1) is 8.92. The molecule has 1 N–H and O–H groups in total. The number of benzene rings is 1. The van der Waals surface area contributed by atoms with Gasteiger partial charge in [0.2, 0.25) is 0 Å². The Morgan fingerprint density at radius 2 is 2.00 bits per heavy atom. The molecule has 3 nitrogen and oxygen atoms in total. The molecule has 0 unspecified atom stereocenters. The molecule has 0 bridgehead atoms. The number of carbonyl (C=O) groups excluding carboxylic acids is 1. The van der Waals surface area contributed by atoms with E-state index in [9.17, 15) is 4.79 Å². The fourth-order valence-corrected chi connectivity index (χ4v) is 1.64. The first-order valence-corrected chi connectivity index (χ1v) is 6.36. The molecule has 3 heteroatoms. The van der Waals surface area contributed by atoms with Crippen molar-refractivity contribution in [3.63, 3.8) is 0 Å². The number of terminal acetylenes is 1. The average molecular weight is 259 g/mol. The standard InChI is InChI=1S/C16H21NO2/c1-5-11-17-14(15(18)19-16(2,3)4)12-13-9-7-6-8-10-13/h1,6-10,14,17H,11-12H2,2-4H3/t14-/m1/s1. The topological polar surface area (TPSA) is 38.3 Å². The molecule has 0 spiro atoms. The van der Waals surface area contributed by atoms with E-state index in [0.29, 0.717) is 13.0 Å². The van der Waals surface area contributed by atoms with Gasteiger partial charge in [0, 0.05) is 0 Å². The molecule has 0 heterocycles. The summed E-state index contributed by atoms with van der Waals surface area (Å²) in [5.41, 5.74) is 0.576. The molecule has 0 fully saturated rings. The van der Waals surface area contributed by atoms with Crippen LogP contribution in [0.1, 0.15) is 26.3 Å². The first-order valence-electron chi connectivity index (χ1n) is 6.36. The van der Waals surface area contributed by atoms with E-state index in [1.165, 1.54) is 0 Å². The fourth-order valence-electron chi connectivity index (χ4n) is 1.64. The normalized spacial score (nSPS) is 12.5. The molecule has 0 aliphatic rings. The van der Waals surface area contributed by atoms with Gasteiger partial charge in [-0.25, -0.2) is 0 Å². The van der Waals surface area contributed by atoms with Crippen molar-refractivity contribution in [2.45, 2.75) is 38.8 Å². The van der Waals surface area contributed by atoms with Crippen molar-refractivity contribution in [3.05, 3.63) is 35.9 Å². The minimum absolute atomic E-state index is 0.272. The number of hydrogen-bond donors (Lipinski definition) is 1. The molecule has 1 rings (SSSR count). The van der Waals surface area contributed by atoms with E-state index >= 15 is 0 Å². The Kier molecular flexibility index (Phi) is 5.59. The van der Waals surface area contributed by atoms with Crippen LogP contribution in [0.15, 0.2) is 30.3 Å². The lowest BCUT2D eigenvalue weighted by molar-refractivity contribution is -0.157. The van der Waals surface area contributed by atoms with Crippen LogP contribution in [0.3, 0.4) is 0 Å². The van der Waals surface area contributed by atoms with Crippen LogP contribution in [0.2, 0.25) is 0 Å². The van der Waals surface area contributed by atoms with Crippen molar-refractivity contribution < 1.29 is 9.53 Å². The number of rotatable bonds is 5. The van der Waals surface area contributed by atoms with Crippen LogP contribution in [-0.4, -0.2) is 24.2 Å². The number of ether oxygens (including phenoxy) is 1. The second kappa shape index (κ2) is 6.96. The van der Waals surface area contributed by atoms with Crippen LogP contribution < -0.4 is 5.32 Å². The third kappa shape index (κ3) is 6.08. The van der Waals surface area contributed by atoms with E-state index in [-0.39, 0.29) is 5.97 Å². The van der Waals surface area contributed by atoms with Gasteiger partial charge in [-0.15, -0.1) is 6.42 Å². The van der Waals surface area contributed by atoms with Gasteiger partial charge in [0.15, 0.2) is 0 Å². The lowest BCUT2D eigenvalue weighted by Gasteiger charge is -2.24. The molecule has 0 aliphatic heterocycles. The maximum Gasteiger partial charge on any atom is 0.324 e. The second-order valence-electron chi connectivity index (χ2n) is 5.36. The minimum atomic E-state index is -0.496. The van der Waals surface area contributed by atoms with Crippen LogP contribution >= 0.6 is 0 Å². The summed E-state index contributed by atoms with van der Waals surface area (Å²) in [4.78, 5) is 12.1. The minimum Gasteiger partial charge on any atom is -0.459 e. The smallest absolute Gasteiger partial charge is 0.324 e. The third-order valence-electron chi connectivity index (χ3n) is 2.42. The summed E-state index contributed by atoms with van der Waals surface area (Å²) in [6.07, 6.45) is 5.80. The van der Waals surface area contributed by atoms with Gasteiger partial charge < -0.3 is 4.74 Å². The summed E-state index contributed by atoms with van der Waals surface area (Å²) in [6.45, 7) is 5.90. The van der Waals surface area contributed by atoms with Crippen LogP contribution in [0, 0.1) is 12.3 Å². The second-order valence-corrected chi connectivity index (χ2v) is 5.36. The molecule has 19 heavy (non-hydrogen) atoms. The fraction of sp³-hybridized carbons (Fsp3) is 0.438. The van der Waals surface area contributed by atoms with Gasteiger partial charge in [-0.05, 0) is 32.8 Å². The van der Waals surface area contributed by atoms with Gasteiger partial charge in [-0.3, -0.25) is 10.1 Å². The Morgan fingerprint density at radius 3 is 2.53 bits per heavy atom. The Hall–Kier alpha value is -1.79. The Bertz CT molecular complexity index is 440. The van der Waals surface area contributed by atoms with Crippen molar-refractivity contribution in [2.75, 3.05) is 6.54 Å². The quantitative estimate of drug-likeness (QED) is 0.650.